The van der Waals surface area contributed by atoms with Crippen molar-refractivity contribution in [3.63, 3.8) is 0 Å². The van der Waals surface area contributed by atoms with Crippen molar-refractivity contribution in [2.24, 2.45) is 5.73 Å². The molecule has 102 valence electrons. The van der Waals surface area contributed by atoms with E-state index in [0.29, 0.717) is 6.54 Å². The number of hydrogen-bond acceptors (Lipinski definition) is 4. The summed E-state index contributed by atoms with van der Waals surface area (Å²) in [7, 11) is 0. The summed E-state index contributed by atoms with van der Waals surface area (Å²) in [6, 6.07) is 7.82. The third-order valence-corrected chi connectivity index (χ3v) is 2.65. The Hall–Kier alpha value is -1.88. The maximum atomic E-state index is 5.60. The van der Waals surface area contributed by atoms with Crippen molar-refractivity contribution in [1.29, 1.82) is 0 Å². The van der Waals surface area contributed by atoms with Gasteiger partial charge in [-0.3, -0.25) is 0 Å². The lowest BCUT2D eigenvalue weighted by atomic mass is 10.2. The van der Waals surface area contributed by atoms with Crippen LogP contribution in [0.1, 0.15) is 26.0 Å². The van der Waals surface area contributed by atoms with Crippen LogP contribution in [0.4, 0.5) is 0 Å². The highest BCUT2D eigenvalue weighted by Crippen LogP contribution is 2.16. The largest absolute Gasteiger partial charge is 0.491 e. The van der Waals surface area contributed by atoms with E-state index in [1.165, 1.54) is 0 Å². The second-order valence-corrected chi connectivity index (χ2v) is 4.71. The Morgan fingerprint density at radius 1 is 1.26 bits per heavy atom. The van der Waals surface area contributed by atoms with Gasteiger partial charge >= 0.3 is 0 Å². The van der Waals surface area contributed by atoms with Crippen LogP contribution in [0, 0.1) is 0 Å². The smallest absolute Gasteiger partial charge is 0.119 e. The summed E-state index contributed by atoms with van der Waals surface area (Å²) in [5.74, 6) is 0.863. The molecule has 0 aliphatic rings. The first-order chi connectivity index (χ1) is 9.19. The van der Waals surface area contributed by atoms with Gasteiger partial charge in [0.05, 0.1) is 23.7 Å². The van der Waals surface area contributed by atoms with Crippen molar-refractivity contribution in [2.45, 2.75) is 32.8 Å². The molecule has 2 aromatic rings. The van der Waals surface area contributed by atoms with E-state index in [2.05, 4.69) is 10.3 Å². The minimum atomic E-state index is 0.181. The predicted molar refractivity (Wildman–Crippen MR) is 74.5 cm³/mol. The van der Waals surface area contributed by atoms with Crippen molar-refractivity contribution in [2.75, 3.05) is 6.54 Å². The monoisotopic (exact) mass is 260 g/mol. The molecule has 0 aliphatic heterocycles. The summed E-state index contributed by atoms with van der Waals surface area (Å²) in [4.78, 5) is 0. The molecule has 0 atom stereocenters. The first-order valence-electron chi connectivity index (χ1n) is 6.57. The van der Waals surface area contributed by atoms with Crippen molar-refractivity contribution in [3.8, 4) is 11.4 Å². The molecule has 1 aromatic heterocycles. The van der Waals surface area contributed by atoms with Gasteiger partial charge in [0.15, 0.2) is 0 Å². The summed E-state index contributed by atoms with van der Waals surface area (Å²) < 4.78 is 7.37. The lowest BCUT2D eigenvalue weighted by molar-refractivity contribution is 0.242. The van der Waals surface area contributed by atoms with Crippen LogP contribution >= 0.6 is 0 Å². The van der Waals surface area contributed by atoms with Crippen LogP contribution in [-0.4, -0.2) is 27.6 Å². The van der Waals surface area contributed by atoms with Crippen LogP contribution in [0.15, 0.2) is 30.5 Å². The summed E-state index contributed by atoms with van der Waals surface area (Å²) in [6.07, 6.45) is 3.92. The van der Waals surface area contributed by atoms with Crippen LogP contribution < -0.4 is 10.5 Å². The van der Waals surface area contributed by atoms with Crippen molar-refractivity contribution in [3.05, 3.63) is 36.2 Å². The van der Waals surface area contributed by atoms with Gasteiger partial charge in [-0.05, 0) is 57.5 Å². The molecular weight excluding hydrogens is 240 g/mol. The molecule has 0 saturated carbocycles. The van der Waals surface area contributed by atoms with E-state index in [4.69, 9.17) is 10.5 Å². The van der Waals surface area contributed by atoms with Gasteiger partial charge in [0.25, 0.3) is 0 Å². The van der Waals surface area contributed by atoms with Crippen LogP contribution in [0.25, 0.3) is 5.69 Å². The number of nitrogens with zero attached hydrogens (tertiary/aromatic N) is 3. The second kappa shape index (κ2) is 6.33. The quantitative estimate of drug-likeness (QED) is 0.862. The van der Waals surface area contributed by atoms with Crippen molar-refractivity contribution < 1.29 is 4.74 Å². The molecule has 0 saturated heterocycles. The number of aryl methyl sites for hydroxylation is 1. The Labute approximate surface area is 113 Å². The number of rotatable bonds is 6. The molecule has 0 radical (unpaired) electrons. The zero-order valence-electron chi connectivity index (χ0n) is 11.4. The van der Waals surface area contributed by atoms with Crippen LogP contribution in [-0.2, 0) is 6.42 Å². The van der Waals surface area contributed by atoms with Gasteiger partial charge in [-0.2, -0.15) is 0 Å². The van der Waals surface area contributed by atoms with Gasteiger partial charge in [-0.25, -0.2) is 4.68 Å². The van der Waals surface area contributed by atoms with Crippen molar-refractivity contribution in [1.82, 2.24) is 15.0 Å². The fourth-order valence-corrected chi connectivity index (χ4v) is 1.77. The number of ether oxygens (including phenoxy) is 1. The van der Waals surface area contributed by atoms with Gasteiger partial charge in [-0.1, -0.05) is 5.21 Å². The van der Waals surface area contributed by atoms with Crippen LogP contribution in [0.2, 0.25) is 0 Å². The molecule has 0 aliphatic carbocycles. The van der Waals surface area contributed by atoms with Gasteiger partial charge in [-0.15, -0.1) is 5.10 Å². The summed E-state index contributed by atoms with van der Waals surface area (Å²) in [6.45, 7) is 4.69. The molecule has 5 heteroatoms. The minimum absolute atomic E-state index is 0.181. The normalized spacial score (nSPS) is 10.9. The topological polar surface area (TPSA) is 66.0 Å². The van der Waals surface area contributed by atoms with E-state index in [9.17, 15) is 0 Å². The Morgan fingerprint density at radius 3 is 2.63 bits per heavy atom. The second-order valence-electron chi connectivity index (χ2n) is 4.71. The highest BCUT2D eigenvalue weighted by molar-refractivity contribution is 5.36. The van der Waals surface area contributed by atoms with Gasteiger partial charge < -0.3 is 10.5 Å². The van der Waals surface area contributed by atoms with E-state index < -0.39 is 0 Å². The van der Waals surface area contributed by atoms with E-state index in [1.54, 1.807) is 4.68 Å². The summed E-state index contributed by atoms with van der Waals surface area (Å²) >= 11 is 0. The third-order valence-electron chi connectivity index (χ3n) is 2.65. The molecule has 0 amide bonds. The van der Waals surface area contributed by atoms with E-state index in [1.807, 2.05) is 44.3 Å². The average molecular weight is 260 g/mol. The SMILES string of the molecule is CC(C)Oc1ccc(-n2cc(CCCN)nn2)cc1. The first kappa shape index (κ1) is 13.5. The maximum Gasteiger partial charge on any atom is 0.119 e. The molecule has 2 N–H and O–H groups in total. The predicted octanol–water partition coefficient (Wildman–Crippen LogP) is 1.95. The van der Waals surface area contributed by atoms with Crippen LogP contribution in [0.5, 0.6) is 5.75 Å². The zero-order chi connectivity index (χ0) is 13.7. The van der Waals surface area contributed by atoms with E-state index in [0.717, 1.165) is 30.0 Å². The number of benzene rings is 1. The summed E-state index contributed by atoms with van der Waals surface area (Å²) in [5, 5.41) is 8.24. The Kier molecular flexibility index (Phi) is 4.52. The highest BCUT2D eigenvalue weighted by Gasteiger charge is 2.03. The lowest BCUT2D eigenvalue weighted by Gasteiger charge is -2.09. The molecular formula is C14H20N4O. The average Bonchev–Trinajstić information content (AvgIpc) is 2.85. The number of aromatic nitrogens is 3. The molecule has 0 bridgehead atoms. The fraction of sp³-hybridized carbons (Fsp3) is 0.429. The molecule has 0 fully saturated rings. The highest BCUT2D eigenvalue weighted by atomic mass is 16.5. The van der Waals surface area contributed by atoms with Crippen molar-refractivity contribution >= 4 is 0 Å². The molecule has 0 unspecified atom stereocenters. The standard InChI is InChI=1S/C14H20N4O/c1-11(2)19-14-7-5-13(6-8-14)18-10-12(16-17-18)4-3-9-15/h5-8,10-11H,3-4,9,15H2,1-2H3. The molecule has 1 aromatic carbocycles. The molecule has 0 spiro atoms. The van der Waals surface area contributed by atoms with Gasteiger partial charge in [0.1, 0.15) is 5.75 Å². The Bertz CT molecular complexity index is 504. The molecule has 2 rings (SSSR count). The number of nitrogens with two attached hydrogens (primary N) is 1. The molecule has 19 heavy (non-hydrogen) atoms. The zero-order valence-corrected chi connectivity index (χ0v) is 11.4. The lowest BCUT2D eigenvalue weighted by Crippen LogP contribution is -2.05. The molecule has 1 heterocycles. The molecule has 5 nitrogen and oxygen atoms in total. The minimum Gasteiger partial charge on any atom is -0.491 e. The van der Waals surface area contributed by atoms with Gasteiger partial charge in [0.2, 0.25) is 0 Å². The Balaban J connectivity index is 2.07. The fourth-order valence-electron chi connectivity index (χ4n) is 1.77. The van der Waals surface area contributed by atoms with Gasteiger partial charge in [0, 0.05) is 0 Å². The first-order valence-corrected chi connectivity index (χ1v) is 6.57. The third kappa shape index (κ3) is 3.79. The van der Waals surface area contributed by atoms with E-state index in [-0.39, 0.29) is 6.10 Å². The number of hydrogen-bond donors (Lipinski definition) is 1. The van der Waals surface area contributed by atoms with E-state index >= 15 is 0 Å². The Morgan fingerprint density at radius 2 is 2.00 bits per heavy atom. The maximum absolute atomic E-state index is 5.60. The van der Waals surface area contributed by atoms with Crippen LogP contribution in [0.3, 0.4) is 0 Å². The summed E-state index contributed by atoms with van der Waals surface area (Å²) in [5.41, 5.74) is 7.42.